The fraction of sp³-hybridized carbons (Fsp3) is 0.286. The molecule has 2 N–H and O–H groups in total. The lowest BCUT2D eigenvalue weighted by atomic mass is 10.0. The molecule has 2 amide bonds. The average Bonchev–Trinajstić information content (AvgIpc) is 2.89. The molecule has 7 heteroatoms. The second kappa shape index (κ2) is 13.0. The molecule has 0 aliphatic carbocycles. The zero-order chi connectivity index (χ0) is 25.0. The molecule has 0 fully saturated rings. The summed E-state index contributed by atoms with van der Waals surface area (Å²) in [5, 5.41) is 5.66. The number of rotatable bonds is 12. The molecule has 0 saturated carbocycles. The summed E-state index contributed by atoms with van der Waals surface area (Å²) in [6, 6.07) is 23.8. The molecule has 0 radical (unpaired) electrons. The number of methoxy groups -OCH3 is 1. The van der Waals surface area contributed by atoms with Crippen molar-refractivity contribution in [2.45, 2.75) is 33.0 Å². The minimum atomic E-state index is -0.683. The largest absolute Gasteiger partial charge is 0.493 e. The molecular formula is C28H32N2O5. The van der Waals surface area contributed by atoms with E-state index < -0.39 is 6.04 Å². The van der Waals surface area contributed by atoms with Gasteiger partial charge in [-0.1, -0.05) is 68.4 Å². The van der Waals surface area contributed by atoms with Gasteiger partial charge in [-0.3, -0.25) is 9.59 Å². The predicted octanol–water partition coefficient (Wildman–Crippen LogP) is 4.11. The number of nitrogens with one attached hydrogen (secondary N) is 2. The van der Waals surface area contributed by atoms with Crippen LogP contribution in [0.2, 0.25) is 0 Å². The first-order valence-corrected chi connectivity index (χ1v) is 11.5. The Labute approximate surface area is 206 Å². The third-order valence-corrected chi connectivity index (χ3v) is 5.31. The molecule has 3 aromatic rings. The van der Waals surface area contributed by atoms with Crippen LogP contribution in [0.15, 0.2) is 78.9 Å². The van der Waals surface area contributed by atoms with E-state index in [1.165, 1.54) is 0 Å². The fourth-order valence-electron chi connectivity index (χ4n) is 3.39. The summed E-state index contributed by atoms with van der Waals surface area (Å²) >= 11 is 0. The summed E-state index contributed by atoms with van der Waals surface area (Å²) in [6.45, 7) is 4.31. The minimum absolute atomic E-state index is 0.0982. The Hall–Kier alpha value is -4.00. The van der Waals surface area contributed by atoms with E-state index in [9.17, 15) is 9.59 Å². The number of carbonyl (C=O) groups excluding carboxylic acids is 2. The van der Waals surface area contributed by atoms with Crippen LogP contribution < -0.4 is 24.8 Å². The summed E-state index contributed by atoms with van der Waals surface area (Å²) in [4.78, 5) is 25.2. The normalized spacial score (nSPS) is 11.4. The Morgan fingerprint density at radius 2 is 1.51 bits per heavy atom. The molecule has 7 nitrogen and oxygen atoms in total. The lowest BCUT2D eigenvalue weighted by molar-refractivity contribution is -0.131. The van der Waals surface area contributed by atoms with Crippen molar-refractivity contribution in [3.63, 3.8) is 0 Å². The average molecular weight is 477 g/mol. The van der Waals surface area contributed by atoms with Crippen LogP contribution in [-0.4, -0.2) is 31.6 Å². The van der Waals surface area contributed by atoms with Gasteiger partial charge in [-0.15, -0.1) is 0 Å². The zero-order valence-electron chi connectivity index (χ0n) is 20.3. The predicted molar refractivity (Wildman–Crippen MR) is 134 cm³/mol. The zero-order valence-corrected chi connectivity index (χ0v) is 20.3. The van der Waals surface area contributed by atoms with E-state index in [-0.39, 0.29) is 30.9 Å². The van der Waals surface area contributed by atoms with Gasteiger partial charge in [0.05, 0.1) is 7.11 Å². The second-order valence-corrected chi connectivity index (χ2v) is 8.37. The van der Waals surface area contributed by atoms with E-state index >= 15 is 0 Å². The number of benzene rings is 3. The van der Waals surface area contributed by atoms with Crippen LogP contribution in [0.1, 0.15) is 25.0 Å². The maximum Gasteiger partial charge on any atom is 0.258 e. The van der Waals surface area contributed by atoms with Crippen molar-refractivity contribution in [1.29, 1.82) is 0 Å². The molecule has 0 unspecified atom stereocenters. The van der Waals surface area contributed by atoms with E-state index in [2.05, 4.69) is 10.6 Å². The monoisotopic (exact) mass is 476 g/mol. The van der Waals surface area contributed by atoms with Crippen molar-refractivity contribution in [3.05, 3.63) is 90.0 Å². The number of para-hydroxylation sites is 1. The molecule has 0 spiro atoms. The minimum Gasteiger partial charge on any atom is -0.493 e. The van der Waals surface area contributed by atoms with Crippen molar-refractivity contribution < 1.29 is 23.8 Å². The van der Waals surface area contributed by atoms with Gasteiger partial charge in [0.15, 0.2) is 18.1 Å². The Bertz CT molecular complexity index is 1090. The van der Waals surface area contributed by atoms with Gasteiger partial charge < -0.3 is 24.8 Å². The molecule has 3 rings (SSSR count). The van der Waals surface area contributed by atoms with Crippen LogP contribution in [0, 0.1) is 5.92 Å². The highest BCUT2D eigenvalue weighted by Crippen LogP contribution is 2.29. The highest BCUT2D eigenvalue weighted by molar-refractivity contribution is 5.88. The Balaban J connectivity index is 1.53. The van der Waals surface area contributed by atoms with Gasteiger partial charge in [-0.25, -0.2) is 0 Å². The lowest BCUT2D eigenvalue weighted by Crippen LogP contribution is -2.50. The molecule has 0 bridgehead atoms. The summed E-state index contributed by atoms with van der Waals surface area (Å²) in [5.41, 5.74) is 1.91. The van der Waals surface area contributed by atoms with Gasteiger partial charge in [0, 0.05) is 6.54 Å². The number of carbonyl (C=O) groups is 2. The van der Waals surface area contributed by atoms with E-state index in [0.717, 1.165) is 11.1 Å². The fourth-order valence-corrected chi connectivity index (χ4v) is 3.39. The summed E-state index contributed by atoms with van der Waals surface area (Å²) < 4.78 is 16.8. The topological polar surface area (TPSA) is 85.9 Å². The Kier molecular flexibility index (Phi) is 9.54. The molecule has 0 heterocycles. The van der Waals surface area contributed by atoms with Crippen molar-refractivity contribution in [1.82, 2.24) is 10.6 Å². The van der Waals surface area contributed by atoms with E-state index in [0.29, 0.717) is 23.9 Å². The van der Waals surface area contributed by atoms with Gasteiger partial charge >= 0.3 is 0 Å². The van der Waals surface area contributed by atoms with Crippen molar-refractivity contribution >= 4 is 11.8 Å². The summed E-state index contributed by atoms with van der Waals surface area (Å²) in [7, 11) is 1.58. The first-order chi connectivity index (χ1) is 17.0. The van der Waals surface area contributed by atoms with Crippen LogP contribution >= 0.6 is 0 Å². The summed E-state index contributed by atoms with van der Waals surface area (Å²) in [5.74, 6) is 1.08. The first-order valence-electron chi connectivity index (χ1n) is 11.5. The molecule has 184 valence electrons. The van der Waals surface area contributed by atoms with Crippen LogP contribution in [-0.2, 0) is 22.7 Å². The Morgan fingerprint density at radius 3 is 2.17 bits per heavy atom. The molecular weight excluding hydrogens is 444 g/mol. The molecule has 0 aromatic heterocycles. The molecule has 0 saturated heterocycles. The number of amides is 2. The lowest BCUT2D eigenvalue weighted by Gasteiger charge is -2.22. The smallest absolute Gasteiger partial charge is 0.258 e. The second-order valence-electron chi connectivity index (χ2n) is 8.37. The van der Waals surface area contributed by atoms with E-state index in [4.69, 9.17) is 14.2 Å². The standard InChI is InChI=1S/C28H32N2O5/c1-20(2)27(30-26(31)19-34-23-12-8-5-9-13-23)28(32)29-17-22-14-15-24(25(16-22)33-3)35-18-21-10-6-4-7-11-21/h4-16,20,27H,17-19H2,1-3H3,(H,29,32)(H,30,31)/t27-/m0/s1. The van der Waals surface area contributed by atoms with Gasteiger partial charge in [0.25, 0.3) is 5.91 Å². The van der Waals surface area contributed by atoms with Crippen LogP contribution in [0.4, 0.5) is 0 Å². The maximum atomic E-state index is 12.8. The highest BCUT2D eigenvalue weighted by atomic mass is 16.5. The quantitative estimate of drug-likeness (QED) is 0.411. The van der Waals surface area contributed by atoms with Gasteiger partial charge in [0.1, 0.15) is 18.4 Å². The maximum absolute atomic E-state index is 12.8. The SMILES string of the molecule is COc1cc(CNC(=O)[C@@H](NC(=O)COc2ccccc2)C(C)C)ccc1OCc1ccccc1. The number of hydrogen-bond acceptors (Lipinski definition) is 5. The third-order valence-electron chi connectivity index (χ3n) is 5.31. The van der Waals surface area contributed by atoms with Crippen molar-refractivity contribution in [2.75, 3.05) is 13.7 Å². The van der Waals surface area contributed by atoms with Crippen LogP contribution in [0.5, 0.6) is 17.2 Å². The highest BCUT2D eigenvalue weighted by Gasteiger charge is 2.24. The van der Waals surface area contributed by atoms with Gasteiger partial charge in [-0.05, 0) is 41.3 Å². The number of hydrogen-bond donors (Lipinski definition) is 2. The van der Waals surface area contributed by atoms with Crippen LogP contribution in [0.3, 0.4) is 0 Å². The van der Waals surface area contributed by atoms with Crippen molar-refractivity contribution in [3.8, 4) is 17.2 Å². The van der Waals surface area contributed by atoms with Crippen molar-refractivity contribution in [2.24, 2.45) is 5.92 Å². The third kappa shape index (κ3) is 8.07. The van der Waals surface area contributed by atoms with Gasteiger partial charge in [-0.2, -0.15) is 0 Å². The van der Waals surface area contributed by atoms with Gasteiger partial charge in [0.2, 0.25) is 5.91 Å². The molecule has 0 aliphatic rings. The molecule has 1 atom stereocenters. The molecule has 0 aliphatic heterocycles. The van der Waals surface area contributed by atoms with E-state index in [1.807, 2.05) is 80.6 Å². The molecule has 3 aromatic carbocycles. The van der Waals surface area contributed by atoms with E-state index in [1.54, 1.807) is 19.2 Å². The Morgan fingerprint density at radius 1 is 0.829 bits per heavy atom. The first kappa shape index (κ1) is 25.6. The summed E-state index contributed by atoms with van der Waals surface area (Å²) in [6.07, 6.45) is 0. The van der Waals surface area contributed by atoms with Crippen LogP contribution in [0.25, 0.3) is 0 Å². The molecule has 35 heavy (non-hydrogen) atoms. The number of ether oxygens (including phenoxy) is 3.